The summed E-state index contributed by atoms with van der Waals surface area (Å²) in [7, 11) is 0. The molecule has 0 aromatic heterocycles. The summed E-state index contributed by atoms with van der Waals surface area (Å²) in [6.45, 7) is 3.36. The number of aryl methyl sites for hydroxylation is 1. The van der Waals surface area contributed by atoms with Gasteiger partial charge < -0.3 is 14.9 Å². The van der Waals surface area contributed by atoms with Crippen molar-refractivity contribution in [2.75, 3.05) is 0 Å². The number of rotatable bonds is 7. The number of carbonyl (C=O) groups is 1. The van der Waals surface area contributed by atoms with E-state index in [1.54, 1.807) is 30.3 Å². The summed E-state index contributed by atoms with van der Waals surface area (Å²) in [5, 5.41) is 19.8. The van der Waals surface area contributed by atoms with Gasteiger partial charge in [0.2, 0.25) is 0 Å². The van der Waals surface area contributed by atoms with Crippen LogP contribution in [0.4, 0.5) is 0 Å². The fourth-order valence-corrected chi connectivity index (χ4v) is 2.55. The molecule has 5 heteroatoms. The Balaban J connectivity index is 2.25. The van der Waals surface area contributed by atoms with Crippen LogP contribution < -0.4 is 4.74 Å². The van der Waals surface area contributed by atoms with Crippen molar-refractivity contribution in [1.82, 2.24) is 0 Å². The molecule has 1 atom stereocenters. The van der Waals surface area contributed by atoms with Crippen LogP contribution >= 0.6 is 11.6 Å². The predicted molar refractivity (Wildman–Crippen MR) is 93.9 cm³/mol. The quantitative estimate of drug-likeness (QED) is 0.775. The van der Waals surface area contributed by atoms with Crippen molar-refractivity contribution in [1.29, 1.82) is 0 Å². The molecule has 0 saturated carbocycles. The zero-order chi connectivity index (χ0) is 17.7. The molecule has 2 rings (SSSR count). The number of carboxylic acid groups (broad SMARTS) is 1. The van der Waals surface area contributed by atoms with E-state index in [1.807, 2.05) is 19.1 Å². The van der Waals surface area contributed by atoms with Crippen LogP contribution in [0.1, 0.15) is 31.4 Å². The minimum Gasteiger partial charge on any atom is -0.479 e. The molecule has 0 aliphatic carbocycles. The van der Waals surface area contributed by atoms with Gasteiger partial charge in [-0.2, -0.15) is 0 Å². The fourth-order valence-electron chi connectivity index (χ4n) is 2.43. The summed E-state index contributed by atoms with van der Waals surface area (Å²) in [4.78, 5) is 11.1. The summed E-state index contributed by atoms with van der Waals surface area (Å²) in [5.41, 5.74) is -0.000636. The number of carboxylic acids is 1. The van der Waals surface area contributed by atoms with E-state index in [4.69, 9.17) is 21.4 Å². The second-order valence-electron chi connectivity index (χ2n) is 5.99. The van der Waals surface area contributed by atoms with Crippen molar-refractivity contribution in [3.05, 3.63) is 58.6 Å². The highest BCUT2D eigenvalue weighted by atomic mass is 35.5. The van der Waals surface area contributed by atoms with Crippen LogP contribution in [0, 0.1) is 0 Å². The molecular formula is C19H21ClO4. The molecular weight excluding hydrogens is 328 g/mol. The molecule has 24 heavy (non-hydrogen) atoms. The van der Waals surface area contributed by atoms with E-state index < -0.39 is 11.6 Å². The number of aliphatic carboxylic acids is 1. The van der Waals surface area contributed by atoms with Gasteiger partial charge in [0.05, 0.1) is 0 Å². The molecule has 0 radical (unpaired) electrons. The van der Waals surface area contributed by atoms with Gasteiger partial charge in [-0.1, -0.05) is 31.0 Å². The molecule has 2 aromatic carbocycles. The largest absolute Gasteiger partial charge is 0.479 e. The second-order valence-corrected chi connectivity index (χ2v) is 6.43. The van der Waals surface area contributed by atoms with Gasteiger partial charge in [0.15, 0.2) is 5.60 Å². The van der Waals surface area contributed by atoms with Crippen molar-refractivity contribution in [3.63, 3.8) is 0 Å². The molecule has 0 saturated heterocycles. The Morgan fingerprint density at radius 3 is 2.33 bits per heavy atom. The van der Waals surface area contributed by atoms with E-state index in [1.165, 1.54) is 6.92 Å². The van der Waals surface area contributed by atoms with Crippen molar-refractivity contribution in [3.8, 4) is 11.5 Å². The van der Waals surface area contributed by atoms with Crippen molar-refractivity contribution in [2.24, 2.45) is 0 Å². The minimum atomic E-state index is -1.79. The lowest BCUT2D eigenvalue weighted by molar-refractivity contribution is -0.156. The number of hydrogen-bond donors (Lipinski definition) is 2. The summed E-state index contributed by atoms with van der Waals surface area (Å²) in [6.07, 6.45) is 1.74. The molecule has 128 valence electrons. The molecule has 0 bridgehead atoms. The van der Waals surface area contributed by atoms with Crippen molar-refractivity contribution >= 4 is 17.6 Å². The summed E-state index contributed by atoms with van der Waals surface area (Å²) in [5.74, 6) is 0.109. The van der Waals surface area contributed by atoms with E-state index in [0.717, 1.165) is 24.0 Å². The third kappa shape index (κ3) is 4.73. The van der Waals surface area contributed by atoms with Gasteiger partial charge in [0.1, 0.15) is 11.5 Å². The first-order valence-corrected chi connectivity index (χ1v) is 8.20. The Morgan fingerprint density at radius 1 is 1.12 bits per heavy atom. The Labute approximate surface area is 146 Å². The van der Waals surface area contributed by atoms with Crippen LogP contribution in [-0.4, -0.2) is 21.8 Å². The molecule has 0 spiro atoms. The maximum absolute atomic E-state index is 11.1. The van der Waals surface area contributed by atoms with Gasteiger partial charge in [-0.3, -0.25) is 0 Å². The number of halogens is 1. The van der Waals surface area contributed by atoms with Crippen LogP contribution in [0.15, 0.2) is 42.5 Å². The van der Waals surface area contributed by atoms with Crippen LogP contribution in [-0.2, 0) is 17.6 Å². The van der Waals surface area contributed by atoms with Gasteiger partial charge in [-0.25, -0.2) is 4.79 Å². The smallest absolute Gasteiger partial charge is 0.335 e. The van der Waals surface area contributed by atoms with E-state index in [9.17, 15) is 9.90 Å². The minimum absolute atomic E-state index is 0.0545. The lowest BCUT2D eigenvalue weighted by Crippen LogP contribution is -2.37. The third-order valence-electron chi connectivity index (χ3n) is 3.74. The molecule has 0 aliphatic heterocycles. The molecule has 2 N–H and O–H groups in total. The van der Waals surface area contributed by atoms with Gasteiger partial charge >= 0.3 is 5.97 Å². The highest BCUT2D eigenvalue weighted by molar-refractivity contribution is 6.30. The average molecular weight is 349 g/mol. The van der Waals surface area contributed by atoms with E-state index in [2.05, 4.69) is 0 Å². The first kappa shape index (κ1) is 18.3. The van der Waals surface area contributed by atoms with E-state index in [-0.39, 0.29) is 6.42 Å². The van der Waals surface area contributed by atoms with Crippen molar-refractivity contribution in [2.45, 2.75) is 38.7 Å². The zero-order valence-electron chi connectivity index (χ0n) is 13.8. The molecule has 0 aliphatic rings. The number of hydrogen-bond acceptors (Lipinski definition) is 3. The van der Waals surface area contributed by atoms with Crippen molar-refractivity contribution < 1.29 is 19.7 Å². The molecule has 4 nitrogen and oxygen atoms in total. The zero-order valence-corrected chi connectivity index (χ0v) is 14.5. The highest BCUT2D eigenvalue weighted by Gasteiger charge is 2.30. The first-order valence-electron chi connectivity index (χ1n) is 7.83. The van der Waals surface area contributed by atoms with Crippen LogP contribution in [0.3, 0.4) is 0 Å². The molecule has 0 fully saturated rings. The highest BCUT2D eigenvalue weighted by Crippen LogP contribution is 2.27. The normalized spacial score (nSPS) is 13.3. The molecule has 2 aromatic rings. The maximum Gasteiger partial charge on any atom is 0.335 e. The van der Waals surface area contributed by atoms with Crippen LogP contribution in [0.5, 0.6) is 11.5 Å². The van der Waals surface area contributed by atoms with E-state index in [0.29, 0.717) is 16.5 Å². The van der Waals surface area contributed by atoms with Crippen LogP contribution in [0.25, 0.3) is 0 Å². The summed E-state index contributed by atoms with van der Waals surface area (Å²) in [6, 6.07) is 12.6. The fraction of sp³-hybridized carbons (Fsp3) is 0.316. The van der Waals surface area contributed by atoms with Gasteiger partial charge in [0.25, 0.3) is 0 Å². The number of ether oxygens (including phenoxy) is 1. The molecule has 0 heterocycles. The summed E-state index contributed by atoms with van der Waals surface area (Å²) < 4.78 is 5.82. The SMILES string of the molecule is CCCc1cc(Oc2ccc(Cl)cc2)ccc1C[C@@](C)(O)C(=O)O. The lowest BCUT2D eigenvalue weighted by atomic mass is 9.91. The lowest BCUT2D eigenvalue weighted by Gasteiger charge is -2.20. The second kappa shape index (κ2) is 7.69. The Bertz CT molecular complexity index is 708. The predicted octanol–water partition coefficient (Wildman–Crippen LogP) is 4.46. The standard InChI is InChI=1S/C19H21ClO4/c1-3-4-13-11-17(24-16-9-6-15(20)7-10-16)8-5-14(13)12-19(2,23)18(21)22/h5-11,23H,3-4,12H2,1-2H3,(H,21,22)/t19-/m1/s1. The third-order valence-corrected chi connectivity index (χ3v) is 3.99. The Morgan fingerprint density at radius 2 is 1.75 bits per heavy atom. The maximum atomic E-state index is 11.1. The monoisotopic (exact) mass is 348 g/mol. The number of aliphatic hydroxyl groups is 1. The Hall–Kier alpha value is -2.04. The van der Waals surface area contributed by atoms with Crippen LogP contribution in [0.2, 0.25) is 5.02 Å². The first-order chi connectivity index (χ1) is 11.3. The molecule has 0 unspecified atom stereocenters. The Kier molecular flexibility index (Phi) is 5.86. The molecule has 0 amide bonds. The topological polar surface area (TPSA) is 66.8 Å². The van der Waals surface area contributed by atoms with Gasteiger partial charge in [-0.05, 0) is 60.9 Å². The average Bonchev–Trinajstić information content (AvgIpc) is 2.52. The number of benzene rings is 2. The van der Waals surface area contributed by atoms with Gasteiger partial charge in [0, 0.05) is 11.4 Å². The van der Waals surface area contributed by atoms with E-state index >= 15 is 0 Å². The summed E-state index contributed by atoms with van der Waals surface area (Å²) >= 11 is 5.86. The van der Waals surface area contributed by atoms with Gasteiger partial charge in [-0.15, -0.1) is 0 Å².